The third kappa shape index (κ3) is 3.47. The highest BCUT2D eigenvalue weighted by molar-refractivity contribution is 6.01. The van der Waals surface area contributed by atoms with E-state index in [9.17, 15) is 9.59 Å². The Kier molecular flexibility index (Phi) is 5.07. The molecule has 0 fully saturated rings. The average Bonchev–Trinajstić information content (AvgIpc) is 3.18. The monoisotopic (exact) mass is 426 g/mol. The summed E-state index contributed by atoms with van der Waals surface area (Å²) in [5.74, 6) is 0.518. The number of carbonyl (C=O) groups is 1. The molecule has 1 aliphatic rings. The van der Waals surface area contributed by atoms with Gasteiger partial charge in [0.15, 0.2) is 6.61 Å². The first-order chi connectivity index (χ1) is 15.7. The zero-order valence-corrected chi connectivity index (χ0v) is 17.4. The molecule has 2 heterocycles. The molecule has 0 aliphatic carbocycles. The molecule has 7 nitrogen and oxygen atoms in total. The van der Waals surface area contributed by atoms with E-state index in [0.29, 0.717) is 25.3 Å². The molecule has 3 aromatic carbocycles. The van der Waals surface area contributed by atoms with Crippen molar-refractivity contribution >= 4 is 39.6 Å². The molecule has 160 valence electrons. The molecule has 32 heavy (non-hydrogen) atoms. The maximum Gasteiger partial charge on any atom is 0.330 e. The summed E-state index contributed by atoms with van der Waals surface area (Å²) in [6.45, 7) is 0.883. The highest BCUT2D eigenvalue weighted by Gasteiger charge is 2.21. The quantitative estimate of drug-likeness (QED) is 0.478. The maximum atomic E-state index is 12.8. The number of nitrogens with one attached hydrogen (secondary N) is 2. The Bertz CT molecular complexity index is 1430. The minimum absolute atomic E-state index is 0.0653. The van der Waals surface area contributed by atoms with Crippen LogP contribution in [0.3, 0.4) is 0 Å². The number of fused-ring (bicyclic) bond motifs is 2. The smallest absolute Gasteiger partial charge is 0.330 e. The fourth-order valence-corrected chi connectivity index (χ4v) is 4.21. The second kappa shape index (κ2) is 8.19. The number of rotatable bonds is 5. The van der Waals surface area contributed by atoms with Crippen molar-refractivity contribution in [2.45, 2.75) is 6.42 Å². The lowest BCUT2D eigenvalue weighted by atomic mass is 10.0. The molecule has 7 heteroatoms. The minimum atomic E-state index is -0.166. The van der Waals surface area contributed by atoms with Crippen molar-refractivity contribution in [3.8, 4) is 5.75 Å². The van der Waals surface area contributed by atoms with Crippen molar-refractivity contribution in [1.82, 2.24) is 14.5 Å². The second-order valence-electron chi connectivity index (χ2n) is 7.70. The zero-order valence-electron chi connectivity index (χ0n) is 17.4. The van der Waals surface area contributed by atoms with Crippen LogP contribution in [0.2, 0.25) is 0 Å². The van der Waals surface area contributed by atoms with E-state index in [-0.39, 0.29) is 18.2 Å². The SMILES string of the molecule is N=Cc1ccc(OCC(=O)N2CC=C(n3c(=O)[nH]c4ccccc43)CC2)c2ccccc12. The summed E-state index contributed by atoms with van der Waals surface area (Å²) in [6.07, 6.45) is 3.83. The Morgan fingerprint density at radius 1 is 1.06 bits per heavy atom. The van der Waals surface area contributed by atoms with Gasteiger partial charge in [0.1, 0.15) is 5.75 Å². The van der Waals surface area contributed by atoms with E-state index < -0.39 is 0 Å². The van der Waals surface area contributed by atoms with E-state index in [1.807, 2.05) is 60.7 Å². The number of aromatic amines is 1. The van der Waals surface area contributed by atoms with Gasteiger partial charge < -0.3 is 20.0 Å². The van der Waals surface area contributed by atoms with Crippen molar-refractivity contribution in [1.29, 1.82) is 5.41 Å². The number of imidazole rings is 1. The number of carbonyl (C=O) groups excluding carboxylic acids is 1. The average molecular weight is 426 g/mol. The van der Waals surface area contributed by atoms with Crippen molar-refractivity contribution < 1.29 is 9.53 Å². The molecule has 0 saturated heterocycles. The van der Waals surface area contributed by atoms with Gasteiger partial charge in [-0.1, -0.05) is 36.4 Å². The summed E-state index contributed by atoms with van der Waals surface area (Å²) in [5, 5.41) is 9.37. The number of para-hydroxylation sites is 2. The molecule has 2 N–H and O–H groups in total. The number of benzene rings is 3. The van der Waals surface area contributed by atoms with Crippen LogP contribution in [-0.4, -0.2) is 46.3 Å². The van der Waals surface area contributed by atoms with Crippen molar-refractivity contribution in [2.24, 2.45) is 0 Å². The highest BCUT2D eigenvalue weighted by Crippen LogP contribution is 2.28. The standard InChI is InChI=1S/C25H22N4O3/c26-15-17-9-10-23(20-6-2-1-5-19(17)20)32-16-24(30)28-13-11-18(12-14-28)29-22-8-4-3-7-21(22)27-25(29)31/h1-11,15,26H,12-14,16H2,(H,27,31). The predicted molar refractivity (Wildman–Crippen MR) is 125 cm³/mol. The van der Waals surface area contributed by atoms with Crippen LogP contribution < -0.4 is 10.4 Å². The predicted octanol–water partition coefficient (Wildman–Crippen LogP) is 3.63. The van der Waals surface area contributed by atoms with Crippen LogP contribution in [0.5, 0.6) is 5.75 Å². The molecule has 4 aromatic rings. The topological polar surface area (TPSA) is 91.2 Å². The van der Waals surface area contributed by atoms with Gasteiger partial charge in [-0.3, -0.25) is 9.36 Å². The van der Waals surface area contributed by atoms with Gasteiger partial charge in [0.25, 0.3) is 5.91 Å². The third-order valence-corrected chi connectivity index (χ3v) is 5.84. The largest absolute Gasteiger partial charge is 0.483 e. The number of hydrogen-bond donors (Lipinski definition) is 2. The van der Waals surface area contributed by atoms with Crippen LogP contribution in [-0.2, 0) is 4.79 Å². The van der Waals surface area contributed by atoms with E-state index in [1.54, 1.807) is 15.5 Å². The van der Waals surface area contributed by atoms with E-state index >= 15 is 0 Å². The van der Waals surface area contributed by atoms with Gasteiger partial charge in [-0.15, -0.1) is 0 Å². The van der Waals surface area contributed by atoms with E-state index in [1.165, 1.54) is 6.21 Å². The lowest BCUT2D eigenvalue weighted by Gasteiger charge is -2.27. The van der Waals surface area contributed by atoms with Crippen LogP contribution in [0.4, 0.5) is 0 Å². The molecule has 0 bridgehead atoms. The maximum absolute atomic E-state index is 12.8. The van der Waals surface area contributed by atoms with Gasteiger partial charge >= 0.3 is 5.69 Å². The normalized spacial score (nSPS) is 13.9. The van der Waals surface area contributed by atoms with Gasteiger partial charge in [0, 0.05) is 42.4 Å². The number of H-pyrrole nitrogens is 1. The lowest BCUT2D eigenvalue weighted by Crippen LogP contribution is -2.38. The molecule has 0 saturated carbocycles. The number of nitrogens with zero attached hydrogens (tertiary/aromatic N) is 2. The second-order valence-corrected chi connectivity index (χ2v) is 7.70. The van der Waals surface area contributed by atoms with Crippen molar-refractivity contribution in [3.05, 3.63) is 82.8 Å². The molecule has 1 aromatic heterocycles. The van der Waals surface area contributed by atoms with Gasteiger partial charge in [0.2, 0.25) is 0 Å². The molecule has 1 amide bonds. The Hall–Kier alpha value is -4.13. The first kappa shape index (κ1) is 19.8. The van der Waals surface area contributed by atoms with E-state index in [4.69, 9.17) is 10.1 Å². The Morgan fingerprint density at radius 2 is 1.84 bits per heavy atom. The number of hydrogen-bond acceptors (Lipinski definition) is 4. The molecule has 5 rings (SSSR count). The lowest BCUT2D eigenvalue weighted by molar-refractivity contribution is -0.132. The molecular weight excluding hydrogens is 404 g/mol. The van der Waals surface area contributed by atoms with Gasteiger partial charge in [-0.05, 0) is 35.7 Å². The molecule has 0 spiro atoms. The minimum Gasteiger partial charge on any atom is -0.483 e. The fraction of sp³-hybridized carbons (Fsp3) is 0.160. The molecule has 1 aliphatic heterocycles. The van der Waals surface area contributed by atoms with Crippen LogP contribution in [0.15, 0.2) is 71.5 Å². The Labute approximate surface area is 184 Å². The first-order valence-corrected chi connectivity index (χ1v) is 10.5. The number of ether oxygens (including phenoxy) is 1. The summed E-state index contributed by atoms with van der Waals surface area (Å²) in [5.41, 5.74) is 3.17. The van der Waals surface area contributed by atoms with Gasteiger partial charge in [-0.25, -0.2) is 4.79 Å². The van der Waals surface area contributed by atoms with E-state index in [0.717, 1.165) is 33.1 Å². The van der Waals surface area contributed by atoms with Crippen LogP contribution >= 0.6 is 0 Å². The summed E-state index contributed by atoms with van der Waals surface area (Å²) in [4.78, 5) is 29.8. The third-order valence-electron chi connectivity index (χ3n) is 5.84. The number of amides is 1. The summed E-state index contributed by atoms with van der Waals surface area (Å²) >= 11 is 0. The van der Waals surface area contributed by atoms with Crippen LogP contribution in [0.1, 0.15) is 12.0 Å². The van der Waals surface area contributed by atoms with Gasteiger partial charge in [0.05, 0.1) is 11.0 Å². The molecule has 0 atom stereocenters. The molecule has 0 unspecified atom stereocenters. The fourth-order valence-electron chi connectivity index (χ4n) is 4.21. The van der Waals surface area contributed by atoms with E-state index in [2.05, 4.69) is 4.98 Å². The summed E-state index contributed by atoms with van der Waals surface area (Å²) in [7, 11) is 0. The Morgan fingerprint density at radius 3 is 2.62 bits per heavy atom. The van der Waals surface area contributed by atoms with Crippen molar-refractivity contribution in [3.63, 3.8) is 0 Å². The van der Waals surface area contributed by atoms with Crippen LogP contribution in [0.25, 0.3) is 27.5 Å². The van der Waals surface area contributed by atoms with Crippen molar-refractivity contribution in [2.75, 3.05) is 19.7 Å². The Balaban J connectivity index is 1.30. The highest BCUT2D eigenvalue weighted by atomic mass is 16.5. The van der Waals surface area contributed by atoms with Gasteiger partial charge in [-0.2, -0.15) is 0 Å². The zero-order chi connectivity index (χ0) is 22.1. The molecular formula is C25H22N4O3. The van der Waals surface area contributed by atoms with Crippen LogP contribution in [0, 0.1) is 5.41 Å². The number of aromatic nitrogens is 2. The molecule has 0 radical (unpaired) electrons. The first-order valence-electron chi connectivity index (χ1n) is 10.5. The summed E-state index contributed by atoms with van der Waals surface area (Å²) < 4.78 is 7.55. The summed E-state index contributed by atoms with van der Waals surface area (Å²) in [6, 6.07) is 18.9.